The fourth-order valence-electron chi connectivity index (χ4n) is 3.86. The Kier molecular flexibility index (Phi) is 13.5. The fraction of sp³-hybridized carbons (Fsp3) is 0.640. The largest absolute Gasteiger partial charge is 0.364 e. The van der Waals surface area contributed by atoms with E-state index in [1.54, 1.807) is 24.4 Å². The predicted molar refractivity (Wildman–Crippen MR) is 135 cm³/mol. The molecule has 2 aromatic heterocycles. The Morgan fingerprint density at radius 2 is 1.36 bits per heavy atom. The van der Waals surface area contributed by atoms with E-state index in [2.05, 4.69) is 32.5 Å². The lowest BCUT2D eigenvalue weighted by molar-refractivity contribution is -0.383. The Bertz CT molecular complexity index is 788. The van der Waals surface area contributed by atoms with Gasteiger partial charge in [-0.2, -0.15) is 0 Å². The van der Waals surface area contributed by atoms with Crippen LogP contribution in [0.3, 0.4) is 0 Å². The summed E-state index contributed by atoms with van der Waals surface area (Å²) in [5.41, 5.74) is -0.159. The van der Waals surface area contributed by atoms with Crippen LogP contribution in [0, 0.1) is 10.1 Å². The molecular formula is C25H40N6O2. The van der Waals surface area contributed by atoms with Crippen LogP contribution in [0.5, 0.6) is 0 Å². The number of rotatable bonds is 19. The summed E-state index contributed by atoms with van der Waals surface area (Å²) in [6, 6.07) is 5.31. The molecular weight excluding hydrogens is 416 g/mol. The number of aromatic nitrogens is 3. The van der Waals surface area contributed by atoms with Gasteiger partial charge in [-0.3, -0.25) is 10.1 Å². The van der Waals surface area contributed by atoms with Crippen molar-refractivity contribution >= 4 is 23.1 Å². The SMILES string of the molecule is CCCCCCCCCCCCCCCCNc1ncnc(Nc2ccccn2)c1[N+](=O)[O-]. The highest BCUT2D eigenvalue weighted by atomic mass is 16.6. The predicted octanol–water partition coefficient (Wildman–Crippen LogP) is 7.42. The fourth-order valence-corrected chi connectivity index (χ4v) is 3.86. The topological polar surface area (TPSA) is 106 Å². The third-order valence-corrected chi connectivity index (χ3v) is 5.74. The molecule has 0 radical (unpaired) electrons. The monoisotopic (exact) mass is 456 g/mol. The maximum Gasteiger partial charge on any atom is 0.353 e. The van der Waals surface area contributed by atoms with Crippen LogP contribution >= 0.6 is 0 Å². The van der Waals surface area contributed by atoms with Crippen LogP contribution in [-0.4, -0.2) is 26.4 Å². The van der Waals surface area contributed by atoms with Crippen LogP contribution in [0.2, 0.25) is 0 Å². The molecule has 33 heavy (non-hydrogen) atoms. The van der Waals surface area contributed by atoms with Crippen molar-refractivity contribution in [1.29, 1.82) is 0 Å². The van der Waals surface area contributed by atoms with Crippen molar-refractivity contribution < 1.29 is 4.92 Å². The summed E-state index contributed by atoms with van der Waals surface area (Å²) >= 11 is 0. The Labute approximate surface area is 198 Å². The second-order valence-corrected chi connectivity index (χ2v) is 8.54. The van der Waals surface area contributed by atoms with Crippen LogP contribution in [0.4, 0.5) is 23.1 Å². The lowest BCUT2D eigenvalue weighted by Gasteiger charge is -2.09. The van der Waals surface area contributed by atoms with Crippen LogP contribution in [0.25, 0.3) is 0 Å². The van der Waals surface area contributed by atoms with Gasteiger partial charge in [0.05, 0.1) is 4.92 Å². The van der Waals surface area contributed by atoms with E-state index in [4.69, 9.17) is 0 Å². The zero-order valence-corrected chi connectivity index (χ0v) is 20.1. The maximum absolute atomic E-state index is 11.6. The highest BCUT2D eigenvalue weighted by molar-refractivity contribution is 5.72. The molecule has 0 saturated carbocycles. The number of anilines is 3. The zero-order chi connectivity index (χ0) is 23.6. The number of pyridine rings is 1. The summed E-state index contributed by atoms with van der Waals surface area (Å²) in [7, 11) is 0. The molecule has 8 heteroatoms. The first-order valence-electron chi connectivity index (χ1n) is 12.6. The molecule has 0 amide bonds. The normalized spacial score (nSPS) is 10.8. The van der Waals surface area contributed by atoms with Gasteiger partial charge >= 0.3 is 5.69 Å². The van der Waals surface area contributed by atoms with Gasteiger partial charge in [0.1, 0.15) is 12.1 Å². The average molecular weight is 457 g/mol. The molecule has 0 spiro atoms. The van der Waals surface area contributed by atoms with Crippen LogP contribution < -0.4 is 10.6 Å². The number of nitro groups is 1. The van der Waals surface area contributed by atoms with Crippen molar-refractivity contribution in [2.75, 3.05) is 17.2 Å². The first-order chi connectivity index (χ1) is 16.2. The van der Waals surface area contributed by atoms with Crippen molar-refractivity contribution in [2.24, 2.45) is 0 Å². The van der Waals surface area contributed by atoms with Gasteiger partial charge in [0.25, 0.3) is 0 Å². The summed E-state index contributed by atoms with van der Waals surface area (Å²) in [6.45, 7) is 2.91. The number of hydrogen-bond acceptors (Lipinski definition) is 7. The minimum Gasteiger partial charge on any atom is -0.364 e. The second-order valence-electron chi connectivity index (χ2n) is 8.54. The molecule has 0 aliphatic heterocycles. The molecule has 0 fully saturated rings. The number of hydrogen-bond donors (Lipinski definition) is 2. The molecule has 0 aliphatic rings. The van der Waals surface area contributed by atoms with Crippen LogP contribution in [0.1, 0.15) is 96.8 Å². The molecule has 2 aromatic rings. The van der Waals surface area contributed by atoms with Gasteiger partial charge in [-0.15, -0.1) is 0 Å². The van der Waals surface area contributed by atoms with Crippen LogP contribution in [-0.2, 0) is 0 Å². The first-order valence-corrected chi connectivity index (χ1v) is 12.6. The number of unbranched alkanes of at least 4 members (excludes halogenated alkanes) is 13. The molecule has 8 nitrogen and oxygen atoms in total. The van der Waals surface area contributed by atoms with Gasteiger partial charge in [0, 0.05) is 12.7 Å². The molecule has 182 valence electrons. The summed E-state index contributed by atoms with van der Waals surface area (Å²) in [5.74, 6) is 0.873. The van der Waals surface area contributed by atoms with Gasteiger partial charge < -0.3 is 10.6 Å². The van der Waals surface area contributed by atoms with Crippen LogP contribution in [0.15, 0.2) is 30.7 Å². The van der Waals surface area contributed by atoms with Crippen molar-refractivity contribution in [3.8, 4) is 0 Å². The maximum atomic E-state index is 11.6. The summed E-state index contributed by atoms with van der Waals surface area (Å²) < 4.78 is 0. The van der Waals surface area contributed by atoms with E-state index in [9.17, 15) is 10.1 Å². The first kappa shape index (κ1) is 26.5. The van der Waals surface area contributed by atoms with E-state index in [1.807, 2.05) is 0 Å². The molecule has 0 saturated heterocycles. The Morgan fingerprint density at radius 1 is 0.788 bits per heavy atom. The van der Waals surface area contributed by atoms with E-state index < -0.39 is 4.92 Å². The highest BCUT2D eigenvalue weighted by Crippen LogP contribution is 2.30. The molecule has 0 bridgehead atoms. The third kappa shape index (κ3) is 11.1. The van der Waals surface area contributed by atoms with E-state index in [1.165, 1.54) is 83.4 Å². The zero-order valence-electron chi connectivity index (χ0n) is 20.1. The van der Waals surface area contributed by atoms with E-state index in [-0.39, 0.29) is 17.3 Å². The lowest BCUT2D eigenvalue weighted by Crippen LogP contribution is -2.09. The number of nitrogens with zero attached hydrogens (tertiary/aromatic N) is 4. The molecule has 2 heterocycles. The van der Waals surface area contributed by atoms with Crippen molar-refractivity contribution in [3.05, 3.63) is 40.8 Å². The molecule has 0 atom stereocenters. The molecule has 2 rings (SSSR count). The molecule has 0 unspecified atom stereocenters. The van der Waals surface area contributed by atoms with Gasteiger partial charge in [-0.25, -0.2) is 15.0 Å². The Balaban J connectivity index is 1.58. The summed E-state index contributed by atoms with van der Waals surface area (Å²) in [6.07, 6.45) is 21.2. The second kappa shape index (κ2) is 16.8. The van der Waals surface area contributed by atoms with E-state index >= 15 is 0 Å². The molecule has 0 aromatic carbocycles. The lowest BCUT2D eigenvalue weighted by atomic mass is 10.0. The van der Waals surface area contributed by atoms with Crippen molar-refractivity contribution in [1.82, 2.24) is 15.0 Å². The Morgan fingerprint density at radius 3 is 1.91 bits per heavy atom. The Hall–Kier alpha value is -2.77. The van der Waals surface area contributed by atoms with E-state index in [0.717, 1.165) is 12.8 Å². The quantitative estimate of drug-likeness (QED) is 0.129. The van der Waals surface area contributed by atoms with E-state index in [0.29, 0.717) is 12.4 Å². The van der Waals surface area contributed by atoms with Crippen molar-refractivity contribution in [2.45, 2.75) is 96.8 Å². The standard InChI is InChI=1S/C25H40N6O2/c1-2-3-4-5-6-7-8-9-10-11-12-13-14-16-20-27-24-23(31(32)33)25(29-21-28-24)30-22-18-15-17-19-26-22/h15,17-19,21H,2-14,16,20H2,1H3,(H2,26,27,28,29,30). The minimum atomic E-state index is -0.460. The van der Waals surface area contributed by atoms with Gasteiger partial charge in [-0.1, -0.05) is 96.5 Å². The van der Waals surface area contributed by atoms with Crippen molar-refractivity contribution in [3.63, 3.8) is 0 Å². The van der Waals surface area contributed by atoms with Gasteiger partial charge in [-0.05, 0) is 18.6 Å². The van der Waals surface area contributed by atoms with Gasteiger partial charge in [0.2, 0.25) is 11.6 Å². The average Bonchev–Trinajstić information content (AvgIpc) is 2.82. The smallest absolute Gasteiger partial charge is 0.353 e. The third-order valence-electron chi connectivity index (χ3n) is 5.74. The highest BCUT2D eigenvalue weighted by Gasteiger charge is 2.23. The molecule has 2 N–H and O–H groups in total. The molecule has 0 aliphatic carbocycles. The minimum absolute atomic E-state index is 0.136. The number of nitrogens with one attached hydrogen (secondary N) is 2. The van der Waals surface area contributed by atoms with Gasteiger partial charge in [0.15, 0.2) is 0 Å². The summed E-state index contributed by atoms with van der Waals surface area (Å²) in [5, 5.41) is 17.6. The summed E-state index contributed by atoms with van der Waals surface area (Å²) in [4.78, 5) is 23.4.